The molecule has 0 saturated carbocycles. The number of hydrogen-bond donors (Lipinski definition) is 2. The van der Waals surface area contributed by atoms with E-state index in [2.05, 4.69) is 13.8 Å². The Bertz CT molecular complexity index is 149. The fraction of sp³-hybridized carbons (Fsp3) is 1.00. The maximum absolute atomic E-state index is 9.22. The summed E-state index contributed by atoms with van der Waals surface area (Å²) < 4.78 is 5.11. The van der Waals surface area contributed by atoms with Gasteiger partial charge in [0, 0.05) is 6.61 Å². The first-order valence-corrected chi connectivity index (χ1v) is 4.04. The molecule has 0 amide bonds. The first-order valence-electron chi connectivity index (χ1n) is 4.04. The number of nitrogens with zero attached hydrogens (tertiary/aromatic N) is 1. The number of ether oxygens (including phenoxy) is 1. The van der Waals surface area contributed by atoms with Gasteiger partial charge in [-0.05, 0) is 11.8 Å². The van der Waals surface area contributed by atoms with Gasteiger partial charge in [-0.1, -0.05) is 13.8 Å². The van der Waals surface area contributed by atoms with Crippen LogP contribution >= 0.6 is 0 Å². The van der Waals surface area contributed by atoms with Gasteiger partial charge in [-0.2, -0.15) is 0 Å². The molecule has 0 aromatic carbocycles. The lowest BCUT2D eigenvalue weighted by atomic mass is 9.90. The van der Waals surface area contributed by atoms with Gasteiger partial charge in [-0.25, -0.2) is 0 Å². The Morgan fingerprint density at radius 1 is 1.46 bits per heavy atom. The van der Waals surface area contributed by atoms with Gasteiger partial charge in [0.1, 0.15) is 0 Å². The summed E-state index contributed by atoms with van der Waals surface area (Å²) in [6.45, 7) is 5.49. The van der Waals surface area contributed by atoms with Crippen molar-refractivity contribution in [1.82, 2.24) is 0 Å². The van der Waals surface area contributed by atoms with Gasteiger partial charge in [0.25, 0.3) is 5.09 Å². The van der Waals surface area contributed by atoms with Gasteiger partial charge >= 0.3 is 0 Å². The first-order chi connectivity index (χ1) is 5.95. The van der Waals surface area contributed by atoms with Crippen LogP contribution in [0.1, 0.15) is 13.8 Å². The fourth-order valence-corrected chi connectivity index (χ4v) is 1.06. The van der Waals surface area contributed by atoms with Gasteiger partial charge in [0.15, 0.2) is 0 Å². The zero-order valence-electron chi connectivity index (χ0n) is 7.71. The number of aliphatic hydroxyl groups is 1. The third-order valence-electron chi connectivity index (χ3n) is 2.17. The molecule has 78 valence electrons. The molecule has 1 aliphatic rings. The van der Waals surface area contributed by atoms with Crippen LogP contribution in [0.2, 0.25) is 0 Å². The first kappa shape index (κ1) is 12.1. The molecular formula is C7H15NO5. The molecule has 0 aromatic heterocycles. The van der Waals surface area contributed by atoms with Crippen molar-refractivity contribution in [1.29, 1.82) is 0 Å². The summed E-state index contributed by atoms with van der Waals surface area (Å²) in [4.78, 5) is 8.36. The molecule has 0 aliphatic carbocycles. The molecule has 3 unspecified atom stereocenters. The molecule has 0 aromatic rings. The third kappa shape index (κ3) is 5.37. The fourth-order valence-electron chi connectivity index (χ4n) is 1.06. The molecule has 6 nitrogen and oxygen atoms in total. The molecule has 2 N–H and O–H groups in total. The van der Waals surface area contributed by atoms with E-state index in [9.17, 15) is 5.11 Å². The van der Waals surface area contributed by atoms with E-state index in [4.69, 9.17) is 20.1 Å². The summed E-state index contributed by atoms with van der Waals surface area (Å²) in [7, 11) is 0. The van der Waals surface area contributed by atoms with Crippen LogP contribution in [0.15, 0.2) is 0 Å². The van der Waals surface area contributed by atoms with Crippen LogP contribution < -0.4 is 0 Å². The van der Waals surface area contributed by atoms with E-state index in [-0.39, 0.29) is 6.10 Å². The zero-order chi connectivity index (χ0) is 10.4. The van der Waals surface area contributed by atoms with Crippen molar-refractivity contribution in [2.75, 3.05) is 13.2 Å². The normalized spacial score (nSPS) is 33.0. The van der Waals surface area contributed by atoms with Crippen LogP contribution in [0.4, 0.5) is 0 Å². The second kappa shape index (κ2) is 5.71. The lowest BCUT2D eigenvalue weighted by Gasteiger charge is -2.30. The van der Waals surface area contributed by atoms with Crippen LogP contribution in [0.3, 0.4) is 0 Å². The Balaban J connectivity index is 0.000000310. The van der Waals surface area contributed by atoms with E-state index in [1.807, 2.05) is 0 Å². The van der Waals surface area contributed by atoms with Crippen molar-refractivity contribution < 1.29 is 20.1 Å². The topological polar surface area (TPSA) is 92.8 Å². The van der Waals surface area contributed by atoms with Crippen molar-refractivity contribution in [3.63, 3.8) is 0 Å². The molecule has 1 fully saturated rings. The summed E-state index contributed by atoms with van der Waals surface area (Å²) in [5.41, 5.74) is 0. The average Bonchev–Trinajstić information content (AvgIpc) is 1.99. The lowest BCUT2D eigenvalue weighted by molar-refractivity contribution is -0.742. The van der Waals surface area contributed by atoms with E-state index in [0.717, 1.165) is 6.61 Å². The van der Waals surface area contributed by atoms with Gasteiger partial charge in [0.05, 0.1) is 12.7 Å². The summed E-state index contributed by atoms with van der Waals surface area (Å²) >= 11 is 0. The molecule has 0 spiro atoms. The van der Waals surface area contributed by atoms with Crippen molar-refractivity contribution in [2.24, 2.45) is 11.8 Å². The highest BCUT2D eigenvalue weighted by Crippen LogP contribution is 2.20. The molecule has 0 bridgehead atoms. The van der Waals surface area contributed by atoms with E-state index in [1.54, 1.807) is 0 Å². The summed E-state index contributed by atoms with van der Waals surface area (Å²) in [6, 6.07) is 0. The van der Waals surface area contributed by atoms with Crippen molar-refractivity contribution in [3.8, 4) is 0 Å². The SMILES string of the molecule is CC1COCC(O)C1C.O=[N+]([O-])O. The smallest absolute Gasteiger partial charge is 0.291 e. The number of hydrogen-bond acceptors (Lipinski definition) is 4. The minimum absolute atomic E-state index is 0.242. The lowest BCUT2D eigenvalue weighted by Crippen LogP contribution is -2.36. The highest BCUT2D eigenvalue weighted by Gasteiger charge is 2.25. The molecule has 13 heavy (non-hydrogen) atoms. The maximum Gasteiger partial charge on any atom is 0.291 e. The predicted molar refractivity (Wildman–Crippen MR) is 43.9 cm³/mol. The molecule has 1 rings (SSSR count). The molecule has 0 radical (unpaired) electrons. The van der Waals surface area contributed by atoms with Crippen LogP contribution in [0.25, 0.3) is 0 Å². The molecule has 3 atom stereocenters. The highest BCUT2D eigenvalue weighted by atomic mass is 16.9. The van der Waals surface area contributed by atoms with Gasteiger partial charge in [0.2, 0.25) is 0 Å². The van der Waals surface area contributed by atoms with Gasteiger partial charge in [-0.3, -0.25) is 0 Å². The Morgan fingerprint density at radius 2 is 1.92 bits per heavy atom. The number of rotatable bonds is 0. The molecule has 1 saturated heterocycles. The van der Waals surface area contributed by atoms with Crippen LogP contribution in [-0.2, 0) is 4.74 Å². The largest absolute Gasteiger partial charge is 0.390 e. The monoisotopic (exact) mass is 193 g/mol. The van der Waals surface area contributed by atoms with Gasteiger partial charge < -0.3 is 15.1 Å². The third-order valence-corrected chi connectivity index (χ3v) is 2.17. The van der Waals surface area contributed by atoms with E-state index < -0.39 is 5.09 Å². The highest BCUT2D eigenvalue weighted by molar-refractivity contribution is 4.73. The van der Waals surface area contributed by atoms with Crippen molar-refractivity contribution in [3.05, 3.63) is 10.1 Å². The van der Waals surface area contributed by atoms with Crippen molar-refractivity contribution >= 4 is 0 Å². The Kier molecular flexibility index (Phi) is 5.33. The van der Waals surface area contributed by atoms with E-state index >= 15 is 0 Å². The Labute approximate surface area is 76.2 Å². The van der Waals surface area contributed by atoms with Crippen molar-refractivity contribution in [2.45, 2.75) is 20.0 Å². The van der Waals surface area contributed by atoms with Crippen LogP contribution in [0, 0.1) is 22.0 Å². The maximum atomic E-state index is 9.22. The summed E-state index contributed by atoms with van der Waals surface area (Å²) in [5, 5.41) is 22.9. The minimum Gasteiger partial charge on any atom is -0.390 e. The second-order valence-electron chi connectivity index (χ2n) is 3.18. The van der Waals surface area contributed by atoms with Crippen LogP contribution in [0.5, 0.6) is 0 Å². The van der Waals surface area contributed by atoms with Crippen LogP contribution in [-0.4, -0.2) is 34.7 Å². The Morgan fingerprint density at radius 3 is 2.23 bits per heavy atom. The molecular weight excluding hydrogens is 178 g/mol. The predicted octanol–water partition coefficient (Wildman–Crippen LogP) is 0.302. The second-order valence-corrected chi connectivity index (χ2v) is 3.18. The minimum atomic E-state index is -1.50. The van der Waals surface area contributed by atoms with E-state index in [1.165, 1.54) is 0 Å². The van der Waals surface area contributed by atoms with E-state index in [0.29, 0.717) is 18.4 Å². The standard InChI is InChI=1S/C7H14O2.HNO3/c1-5-3-9-4-7(8)6(5)2;2-1(3)4/h5-8H,3-4H2,1-2H3;(H,2,3,4). The summed E-state index contributed by atoms with van der Waals surface area (Å²) in [6.07, 6.45) is -0.242. The Hall–Kier alpha value is -0.880. The molecule has 1 heterocycles. The zero-order valence-corrected chi connectivity index (χ0v) is 7.71. The quantitative estimate of drug-likeness (QED) is 0.426. The average molecular weight is 193 g/mol. The number of aliphatic hydroxyl groups excluding tert-OH is 1. The summed E-state index contributed by atoms with van der Waals surface area (Å²) in [5.74, 6) is 0.910. The molecule has 6 heteroatoms. The van der Waals surface area contributed by atoms with Gasteiger partial charge in [-0.15, -0.1) is 10.1 Å². The molecule has 1 aliphatic heterocycles.